The summed E-state index contributed by atoms with van der Waals surface area (Å²) in [7, 11) is 0. The van der Waals surface area contributed by atoms with E-state index in [1.807, 2.05) is 16.9 Å². The summed E-state index contributed by atoms with van der Waals surface area (Å²) in [5.74, 6) is 0.0524. The predicted octanol–water partition coefficient (Wildman–Crippen LogP) is 1.69. The van der Waals surface area contributed by atoms with Gasteiger partial charge in [0.2, 0.25) is 5.91 Å². The molecule has 6 heteroatoms. The van der Waals surface area contributed by atoms with Crippen LogP contribution in [0.2, 0.25) is 0 Å². The molecule has 1 unspecified atom stereocenters. The van der Waals surface area contributed by atoms with Crippen molar-refractivity contribution in [2.75, 3.05) is 19.6 Å². The maximum atomic E-state index is 11.7. The van der Waals surface area contributed by atoms with Gasteiger partial charge in [0.25, 0.3) is 0 Å². The van der Waals surface area contributed by atoms with Gasteiger partial charge in [0.05, 0.1) is 5.69 Å². The fourth-order valence-electron chi connectivity index (χ4n) is 3.36. The number of nitrogens with one attached hydrogen (secondary N) is 1. The predicted molar refractivity (Wildman–Crippen MR) is 98.3 cm³/mol. The summed E-state index contributed by atoms with van der Waals surface area (Å²) in [6.07, 6.45) is 7.71. The topological polar surface area (TPSA) is 76.2 Å². The second-order valence-corrected chi connectivity index (χ2v) is 6.58. The van der Waals surface area contributed by atoms with Gasteiger partial charge in [0, 0.05) is 44.5 Å². The summed E-state index contributed by atoms with van der Waals surface area (Å²) >= 11 is 0. The molecule has 0 radical (unpaired) electrons. The first-order valence-electron chi connectivity index (χ1n) is 9.06. The van der Waals surface area contributed by atoms with Gasteiger partial charge in [-0.25, -0.2) is 4.68 Å². The Morgan fingerprint density at radius 1 is 1.28 bits per heavy atom. The summed E-state index contributed by atoms with van der Waals surface area (Å²) < 4.78 is 1.86. The number of amides is 1. The number of likely N-dealkylation sites (tertiary alicyclic amines) is 1. The molecule has 25 heavy (non-hydrogen) atoms. The van der Waals surface area contributed by atoms with Gasteiger partial charge in [-0.2, -0.15) is 5.10 Å². The summed E-state index contributed by atoms with van der Waals surface area (Å²) in [5.41, 5.74) is 7.79. The third-order valence-corrected chi connectivity index (χ3v) is 4.75. The van der Waals surface area contributed by atoms with Crippen LogP contribution in [0.25, 0.3) is 5.69 Å². The van der Waals surface area contributed by atoms with Crippen molar-refractivity contribution in [3.63, 3.8) is 0 Å². The zero-order chi connectivity index (χ0) is 17.5. The van der Waals surface area contributed by atoms with Gasteiger partial charge >= 0.3 is 0 Å². The number of hydrogen-bond donors (Lipinski definition) is 2. The summed E-state index contributed by atoms with van der Waals surface area (Å²) in [5, 5.41) is 7.28. The number of aromatic nitrogens is 2. The molecule has 0 aliphatic carbocycles. The first-order chi connectivity index (χ1) is 12.3. The Morgan fingerprint density at radius 2 is 2.12 bits per heavy atom. The quantitative estimate of drug-likeness (QED) is 0.803. The van der Waals surface area contributed by atoms with E-state index < -0.39 is 0 Å². The van der Waals surface area contributed by atoms with Crippen LogP contribution in [-0.2, 0) is 11.3 Å². The fraction of sp³-hybridized carbons (Fsp3) is 0.474. The van der Waals surface area contributed by atoms with E-state index in [-0.39, 0.29) is 5.91 Å². The number of carbonyl (C=O) groups excluding carboxylic acids is 1. The molecule has 6 nitrogen and oxygen atoms in total. The van der Waals surface area contributed by atoms with Crippen LogP contribution >= 0.6 is 0 Å². The lowest BCUT2D eigenvalue weighted by Gasteiger charge is -2.36. The third-order valence-electron chi connectivity index (χ3n) is 4.75. The molecular formula is C19H27N5O. The van der Waals surface area contributed by atoms with Gasteiger partial charge < -0.3 is 11.1 Å². The van der Waals surface area contributed by atoms with Crippen LogP contribution in [0.1, 0.15) is 31.2 Å². The van der Waals surface area contributed by atoms with Gasteiger partial charge in [0.15, 0.2) is 0 Å². The Balaban J connectivity index is 1.58. The van der Waals surface area contributed by atoms with Crippen molar-refractivity contribution in [3.05, 3.63) is 48.3 Å². The van der Waals surface area contributed by atoms with E-state index in [1.54, 1.807) is 6.20 Å². The molecule has 1 aromatic carbocycles. The van der Waals surface area contributed by atoms with Gasteiger partial charge in [-0.3, -0.25) is 9.69 Å². The molecule has 3 N–H and O–H groups in total. The molecule has 2 heterocycles. The number of nitrogens with zero attached hydrogens (tertiary/aromatic N) is 3. The van der Waals surface area contributed by atoms with Crippen molar-refractivity contribution in [1.29, 1.82) is 0 Å². The molecule has 0 bridgehead atoms. The molecule has 134 valence electrons. The van der Waals surface area contributed by atoms with E-state index in [2.05, 4.69) is 39.6 Å². The molecule has 1 saturated heterocycles. The lowest BCUT2D eigenvalue weighted by molar-refractivity contribution is -0.121. The number of nitrogens with two attached hydrogens (primary N) is 1. The average molecular weight is 341 g/mol. The minimum atomic E-state index is 0.0524. The number of piperidine rings is 1. The molecule has 1 aliphatic rings. The maximum Gasteiger partial charge on any atom is 0.221 e. The van der Waals surface area contributed by atoms with Crippen LogP contribution in [0.4, 0.5) is 0 Å². The third kappa shape index (κ3) is 4.90. The fourth-order valence-corrected chi connectivity index (χ4v) is 3.36. The molecule has 0 spiro atoms. The van der Waals surface area contributed by atoms with E-state index in [0.29, 0.717) is 25.6 Å². The second-order valence-electron chi connectivity index (χ2n) is 6.58. The van der Waals surface area contributed by atoms with Crippen molar-refractivity contribution in [1.82, 2.24) is 20.0 Å². The van der Waals surface area contributed by atoms with E-state index in [1.165, 1.54) is 18.4 Å². The largest absolute Gasteiger partial charge is 0.354 e. The molecule has 1 aliphatic heterocycles. The van der Waals surface area contributed by atoms with Crippen LogP contribution < -0.4 is 11.1 Å². The maximum absolute atomic E-state index is 11.7. The van der Waals surface area contributed by atoms with E-state index in [9.17, 15) is 4.79 Å². The first-order valence-corrected chi connectivity index (χ1v) is 9.06. The lowest BCUT2D eigenvalue weighted by Crippen LogP contribution is -2.46. The highest BCUT2D eigenvalue weighted by atomic mass is 16.1. The van der Waals surface area contributed by atoms with E-state index in [0.717, 1.165) is 25.2 Å². The monoisotopic (exact) mass is 341 g/mol. The Hall–Kier alpha value is -2.18. The highest BCUT2D eigenvalue weighted by Gasteiger charge is 2.22. The van der Waals surface area contributed by atoms with Crippen LogP contribution in [0.3, 0.4) is 0 Å². The smallest absolute Gasteiger partial charge is 0.221 e. The number of carbonyl (C=O) groups is 1. The Bertz CT molecular complexity index is 653. The molecule has 1 amide bonds. The van der Waals surface area contributed by atoms with E-state index >= 15 is 0 Å². The molecular weight excluding hydrogens is 314 g/mol. The van der Waals surface area contributed by atoms with Crippen molar-refractivity contribution in [2.24, 2.45) is 5.73 Å². The van der Waals surface area contributed by atoms with Gasteiger partial charge in [0.1, 0.15) is 0 Å². The van der Waals surface area contributed by atoms with Crippen molar-refractivity contribution >= 4 is 5.91 Å². The zero-order valence-electron chi connectivity index (χ0n) is 14.6. The Labute approximate surface area is 149 Å². The zero-order valence-corrected chi connectivity index (χ0v) is 14.6. The van der Waals surface area contributed by atoms with Crippen LogP contribution in [0.5, 0.6) is 0 Å². The normalized spacial score (nSPS) is 18.2. The van der Waals surface area contributed by atoms with E-state index in [4.69, 9.17) is 5.73 Å². The van der Waals surface area contributed by atoms with Gasteiger partial charge in [-0.15, -0.1) is 0 Å². The summed E-state index contributed by atoms with van der Waals surface area (Å²) in [4.78, 5) is 14.2. The van der Waals surface area contributed by atoms with Crippen LogP contribution in [-0.4, -0.2) is 46.3 Å². The summed E-state index contributed by atoms with van der Waals surface area (Å²) in [6, 6.07) is 10.9. The Morgan fingerprint density at radius 3 is 2.84 bits per heavy atom. The van der Waals surface area contributed by atoms with Crippen molar-refractivity contribution < 1.29 is 4.79 Å². The lowest BCUT2D eigenvalue weighted by atomic mass is 10.0. The standard InChI is InChI=1S/C19H27N5O/c20-10-9-19(25)21-14-18-4-1-2-12-23(18)15-16-5-7-17(8-6-16)24-13-3-11-22-24/h3,5-8,11,13,18H,1-2,4,9-10,12,14-15,20H2,(H,21,25). The second kappa shape index (κ2) is 8.78. The molecule has 1 atom stereocenters. The van der Waals surface area contributed by atoms with Gasteiger partial charge in [-0.1, -0.05) is 18.6 Å². The number of hydrogen-bond acceptors (Lipinski definition) is 4. The molecule has 1 fully saturated rings. The molecule has 2 aromatic rings. The van der Waals surface area contributed by atoms with Crippen LogP contribution in [0.15, 0.2) is 42.7 Å². The van der Waals surface area contributed by atoms with Crippen molar-refractivity contribution in [3.8, 4) is 5.69 Å². The van der Waals surface area contributed by atoms with Crippen molar-refractivity contribution in [2.45, 2.75) is 38.3 Å². The highest BCUT2D eigenvalue weighted by molar-refractivity contribution is 5.76. The molecule has 0 saturated carbocycles. The molecule has 1 aromatic heterocycles. The number of benzene rings is 1. The number of rotatable bonds is 7. The minimum absolute atomic E-state index is 0.0524. The SMILES string of the molecule is NCCC(=O)NCC1CCCCN1Cc1ccc(-n2cccn2)cc1. The first kappa shape index (κ1) is 17.6. The Kier molecular flexibility index (Phi) is 6.19. The minimum Gasteiger partial charge on any atom is -0.354 e. The highest BCUT2D eigenvalue weighted by Crippen LogP contribution is 2.20. The van der Waals surface area contributed by atoms with Crippen LogP contribution in [0, 0.1) is 0 Å². The summed E-state index contributed by atoms with van der Waals surface area (Å²) in [6.45, 7) is 3.11. The molecule has 3 rings (SSSR count). The van der Waals surface area contributed by atoms with Gasteiger partial charge in [-0.05, 0) is 43.1 Å². The average Bonchev–Trinajstić information content (AvgIpc) is 3.17.